The molecule has 92 valence electrons. The fourth-order valence-corrected chi connectivity index (χ4v) is 3.20. The van der Waals surface area contributed by atoms with E-state index in [0.29, 0.717) is 11.8 Å². The largest absolute Gasteiger partial charge is 0.508 e. The van der Waals surface area contributed by atoms with Crippen molar-refractivity contribution in [3.8, 4) is 5.75 Å². The van der Waals surface area contributed by atoms with Gasteiger partial charge in [-0.2, -0.15) is 0 Å². The van der Waals surface area contributed by atoms with E-state index in [2.05, 4.69) is 23.2 Å². The fourth-order valence-electron chi connectivity index (χ4n) is 3.20. The molecule has 0 amide bonds. The minimum absolute atomic E-state index is 0.371. The number of nitrogens with one attached hydrogen (secondary N) is 1. The molecule has 1 aromatic rings. The maximum absolute atomic E-state index is 9.54. The van der Waals surface area contributed by atoms with Crippen LogP contribution in [0.4, 0.5) is 0 Å². The predicted octanol–water partition coefficient (Wildman–Crippen LogP) is 1.60. The highest BCUT2D eigenvalue weighted by Crippen LogP contribution is 2.33. The van der Waals surface area contributed by atoms with Crippen molar-refractivity contribution in [3.05, 3.63) is 29.8 Å². The van der Waals surface area contributed by atoms with Crippen LogP contribution in [0.25, 0.3) is 0 Å². The molecule has 2 fully saturated rings. The summed E-state index contributed by atoms with van der Waals surface area (Å²) in [4.78, 5) is 2.55. The molecule has 17 heavy (non-hydrogen) atoms. The third kappa shape index (κ3) is 2.05. The van der Waals surface area contributed by atoms with Crippen LogP contribution in [-0.2, 0) is 0 Å². The third-order valence-corrected chi connectivity index (χ3v) is 4.32. The van der Waals surface area contributed by atoms with Crippen molar-refractivity contribution in [3.63, 3.8) is 0 Å². The molecule has 1 aromatic carbocycles. The van der Waals surface area contributed by atoms with Crippen molar-refractivity contribution >= 4 is 0 Å². The van der Waals surface area contributed by atoms with Crippen molar-refractivity contribution < 1.29 is 5.11 Å². The quantitative estimate of drug-likeness (QED) is 0.813. The Morgan fingerprint density at radius 1 is 1.29 bits per heavy atom. The van der Waals surface area contributed by atoms with Gasteiger partial charge in [-0.15, -0.1) is 0 Å². The van der Waals surface area contributed by atoms with Crippen LogP contribution in [0.5, 0.6) is 5.75 Å². The lowest BCUT2D eigenvalue weighted by atomic mass is 10.0. The van der Waals surface area contributed by atoms with E-state index in [1.54, 1.807) is 6.07 Å². The van der Waals surface area contributed by atoms with E-state index < -0.39 is 0 Å². The number of aromatic hydroxyl groups is 1. The van der Waals surface area contributed by atoms with Gasteiger partial charge in [0, 0.05) is 19.1 Å². The van der Waals surface area contributed by atoms with Crippen molar-refractivity contribution in [2.75, 3.05) is 26.2 Å². The number of phenols is 1. The van der Waals surface area contributed by atoms with Crippen molar-refractivity contribution in [2.24, 2.45) is 11.8 Å². The van der Waals surface area contributed by atoms with Gasteiger partial charge in [0.05, 0.1) is 0 Å². The van der Waals surface area contributed by atoms with Crippen LogP contribution in [0.1, 0.15) is 18.5 Å². The highest BCUT2D eigenvalue weighted by Gasteiger charge is 2.37. The summed E-state index contributed by atoms with van der Waals surface area (Å²) in [7, 11) is 0. The van der Waals surface area contributed by atoms with Gasteiger partial charge in [-0.3, -0.25) is 4.90 Å². The fraction of sp³-hybridized carbons (Fsp3) is 0.571. The molecule has 0 aliphatic carbocycles. The Hall–Kier alpha value is -1.06. The van der Waals surface area contributed by atoms with Gasteiger partial charge in [0.2, 0.25) is 0 Å². The van der Waals surface area contributed by atoms with Gasteiger partial charge in [-0.25, -0.2) is 0 Å². The molecule has 0 radical (unpaired) electrons. The molecule has 3 heteroatoms. The van der Waals surface area contributed by atoms with Crippen LogP contribution in [-0.4, -0.2) is 36.2 Å². The van der Waals surface area contributed by atoms with E-state index in [0.717, 1.165) is 11.8 Å². The average molecular weight is 232 g/mol. The molecule has 0 bridgehead atoms. The first-order valence-electron chi connectivity index (χ1n) is 6.48. The SMILES string of the molecule is CC(c1cccc(O)c1)N1C[C@H]2CNC[C@H]2C1. The second-order valence-corrected chi connectivity index (χ2v) is 5.40. The number of rotatable bonds is 2. The summed E-state index contributed by atoms with van der Waals surface area (Å²) in [6.45, 7) is 6.97. The Balaban J connectivity index is 1.73. The Kier molecular flexibility index (Phi) is 2.81. The molecular formula is C14H20N2O. The number of phenolic OH excluding ortho intramolecular Hbond substituents is 1. The first kappa shape index (κ1) is 11.1. The second-order valence-electron chi connectivity index (χ2n) is 5.40. The molecule has 3 nitrogen and oxygen atoms in total. The van der Waals surface area contributed by atoms with Gasteiger partial charge in [0.1, 0.15) is 5.75 Å². The summed E-state index contributed by atoms with van der Waals surface area (Å²) in [5.74, 6) is 2.03. The smallest absolute Gasteiger partial charge is 0.115 e. The number of nitrogens with zero attached hydrogens (tertiary/aromatic N) is 1. The van der Waals surface area contributed by atoms with E-state index in [1.807, 2.05) is 12.1 Å². The summed E-state index contributed by atoms with van der Waals surface area (Å²) in [5.41, 5.74) is 1.22. The maximum atomic E-state index is 9.54. The molecule has 2 aliphatic heterocycles. The van der Waals surface area contributed by atoms with Crippen molar-refractivity contribution in [2.45, 2.75) is 13.0 Å². The molecule has 1 unspecified atom stereocenters. The molecule has 2 N–H and O–H groups in total. The molecule has 2 aliphatic rings. The van der Waals surface area contributed by atoms with Gasteiger partial charge in [-0.1, -0.05) is 12.1 Å². The maximum Gasteiger partial charge on any atom is 0.115 e. The highest BCUT2D eigenvalue weighted by atomic mass is 16.3. The first-order valence-corrected chi connectivity index (χ1v) is 6.48. The van der Waals surface area contributed by atoms with Crippen LogP contribution >= 0.6 is 0 Å². The molecule has 2 heterocycles. The van der Waals surface area contributed by atoms with Crippen LogP contribution in [0.2, 0.25) is 0 Å². The first-order chi connectivity index (χ1) is 8.24. The van der Waals surface area contributed by atoms with Crippen LogP contribution in [0, 0.1) is 11.8 Å². The summed E-state index contributed by atoms with van der Waals surface area (Å²) in [5, 5.41) is 13.0. The standard InChI is InChI=1S/C14H20N2O/c1-10(11-3-2-4-14(17)5-11)16-8-12-6-15-7-13(12)9-16/h2-5,10,12-13,15,17H,6-9H2,1H3/t10?,12-,13+. The minimum Gasteiger partial charge on any atom is -0.508 e. The average Bonchev–Trinajstić information content (AvgIpc) is 2.88. The molecular weight excluding hydrogens is 212 g/mol. The van der Waals surface area contributed by atoms with Gasteiger partial charge < -0.3 is 10.4 Å². The zero-order valence-electron chi connectivity index (χ0n) is 10.3. The molecule has 3 atom stereocenters. The lowest BCUT2D eigenvalue weighted by Gasteiger charge is -2.25. The summed E-state index contributed by atoms with van der Waals surface area (Å²) in [6.07, 6.45) is 0. The zero-order valence-corrected chi connectivity index (χ0v) is 10.3. The van der Waals surface area contributed by atoms with E-state index in [4.69, 9.17) is 0 Å². The summed E-state index contributed by atoms with van der Waals surface area (Å²) < 4.78 is 0. The number of hydrogen-bond acceptors (Lipinski definition) is 3. The monoisotopic (exact) mass is 232 g/mol. The number of benzene rings is 1. The molecule has 2 saturated heterocycles. The lowest BCUT2D eigenvalue weighted by Crippen LogP contribution is -2.28. The molecule has 3 rings (SSSR count). The van der Waals surface area contributed by atoms with Gasteiger partial charge >= 0.3 is 0 Å². The van der Waals surface area contributed by atoms with Crippen molar-refractivity contribution in [1.82, 2.24) is 10.2 Å². The predicted molar refractivity (Wildman–Crippen MR) is 67.9 cm³/mol. The molecule has 0 aromatic heterocycles. The summed E-state index contributed by atoms with van der Waals surface area (Å²) >= 11 is 0. The Bertz CT molecular complexity index is 395. The van der Waals surface area contributed by atoms with Crippen LogP contribution in [0.15, 0.2) is 24.3 Å². The highest BCUT2D eigenvalue weighted by molar-refractivity contribution is 5.29. The normalized spacial score (nSPS) is 30.4. The minimum atomic E-state index is 0.371. The molecule has 0 spiro atoms. The Labute approximate surface area is 102 Å². The van der Waals surface area contributed by atoms with Gasteiger partial charge in [0.15, 0.2) is 0 Å². The van der Waals surface area contributed by atoms with E-state index in [-0.39, 0.29) is 0 Å². The van der Waals surface area contributed by atoms with E-state index in [1.165, 1.54) is 31.7 Å². The van der Waals surface area contributed by atoms with Crippen molar-refractivity contribution in [1.29, 1.82) is 0 Å². The number of fused-ring (bicyclic) bond motifs is 1. The van der Waals surface area contributed by atoms with E-state index in [9.17, 15) is 5.11 Å². The third-order valence-electron chi connectivity index (χ3n) is 4.32. The van der Waals surface area contributed by atoms with Crippen LogP contribution < -0.4 is 5.32 Å². The zero-order chi connectivity index (χ0) is 11.8. The molecule has 0 saturated carbocycles. The topological polar surface area (TPSA) is 35.5 Å². The van der Waals surface area contributed by atoms with Gasteiger partial charge in [0.25, 0.3) is 0 Å². The Morgan fingerprint density at radius 2 is 2.00 bits per heavy atom. The van der Waals surface area contributed by atoms with Gasteiger partial charge in [-0.05, 0) is 49.5 Å². The number of likely N-dealkylation sites (tertiary alicyclic amines) is 1. The second kappa shape index (κ2) is 4.31. The number of hydrogen-bond donors (Lipinski definition) is 2. The van der Waals surface area contributed by atoms with Crippen LogP contribution in [0.3, 0.4) is 0 Å². The summed E-state index contributed by atoms with van der Waals surface area (Å²) in [6, 6.07) is 8.07. The van der Waals surface area contributed by atoms with E-state index >= 15 is 0 Å². The Morgan fingerprint density at radius 3 is 2.65 bits per heavy atom. The lowest BCUT2D eigenvalue weighted by molar-refractivity contribution is 0.243.